The average molecular weight is 254 g/mol. The van der Waals surface area contributed by atoms with Gasteiger partial charge >= 0.3 is 12.1 Å². The molecule has 0 aliphatic carbocycles. The van der Waals surface area contributed by atoms with Gasteiger partial charge in [0.1, 0.15) is 6.42 Å². The van der Waals surface area contributed by atoms with E-state index in [1.807, 2.05) is 0 Å². The zero-order chi connectivity index (χ0) is 13.3. The fraction of sp³-hybridized carbons (Fsp3) is 0.300. The Balaban J connectivity index is 2.96. The average Bonchev–Trinajstić information content (AvgIpc) is 2.14. The molecule has 7 heteroatoms. The first-order chi connectivity index (χ1) is 7.62. The van der Waals surface area contributed by atoms with Gasteiger partial charge < -0.3 is 5.11 Å². The van der Waals surface area contributed by atoms with Crippen LogP contribution in [0.2, 0.25) is 0 Å². The van der Waals surface area contributed by atoms with E-state index < -0.39 is 30.1 Å². The first kappa shape index (κ1) is 13.4. The molecule has 0 aliphatic heterocycles. The number of hydrogen-bond acceptors (Lipinski definition) is 1. The maximum absolute atomic E-state index is 13.1. The van der Waals surface area contributed by atoms with E-state index >= 15 is 0 Å². The maximum Gasteiger partial charge on any atom is 0.395 e. The highest BCUT2D eigenvalue weighted by atomic mass is 19.4. The van der Waals surface area contributed by atoms with Gasteiger partial charge in [0.2, 0.25) is 0 Å². The molecule has 2 nitrogen and oxygen atoms in total. The second-order valence-electron chi connectivity index (χ2n) is 3.38. The summed E-state index contributed by atoms with van der Waals surface area (Å²) in [7, 11) is 0. The van der Waals surface area contributed by atoms with Crippen LogP contribution in [-0.2, 0) is 5.92 Å². The van der Waals surface area contributed by atoms with Gasteiger partial charge in [0.25, 0.3) is 5.92 Å². The van der Waals surface area contributed by atoms with Gasteiger partial charge in [-0.05, 0) is 12.1 Å². The summed E-state index contributed by atoms with van der Waals surface area (Å²) in [6.07, 6.45) is -7.26. The fourth-order valence-electron chi connectivity index (χ4n) is 1.21. The Kier molecular flexibility index (Phi) is 3.40. The van der Waals surface area contributed by atoms with Crippen LogP contribution in [0.1, 0.15) is 22.3 Å². The van der Waals surface area contributed by atoms with Crippen molar-refractivity contribution < 1.29 is 31.9 Å². The van der Waals surface area contributed by atoms with E-state index in [0.717, 1.165) is 12.1 Å². The summed E-state index contributed by atoms with van der Waals surface area (Å²) in [4.78, 5) is 10.4. The van der Waals surface area contributed by atoms with Crippen molar-refractivity contribution in [3.05, 3.63) is 35.4 Å². The molecule has 0 bridgehead atoms. The van der Waals surface area contributed by atoms with Crippen LogP contribution >= 0.6 is 0 Å². The van der Waals surface area contributed by atoms with Crippen LogP contribution in [0.25, 0.3) is 0 Å². The van der Waals surface area contributed by atoms with E-state index in [4.69, 9.17) is 5.11 Å². The van der Waals surface area contributed by atoms with E-state index in [1.54, 1.807) is 0 Å². The van der Waals surface area contributed by atoms with E-state index in [2.05, 4.69) is 0 Å². The molecule has 1 N–H and O–H groups in total. The number of halogens is 5. The Bertz CT molecular complexity index is 408. The zero-order valence-electron chi connectivity index (χ0n) is 8.26. The number of carboxylic acids is 1. The quantitative estimate of drug-likeness (QED) is 0.839. The van der Waals surface area contributed by atoms with Crippen molar-refractivity contribution in [1.82, 2.24) is 0 Å². The lowest BCUT2D eigenvalue weighted by Gasteiger charge is -2.18. The summed E-state index contributed by atoms with van der Waals surface area (Å²) in [5, 5.41) is 8.50. The normalized spacial score (nSPS) is 12.5. The summed E-state index contributed by atoms with van der Waals surface area (Å²) >= 11 is 0. The number of rotatable bonds is 3. The second kappa shape index (κ2) is 4.31. The van der Waals surface area contributed by atoms with Crippen molar-refractivity contribution in [1.29, 1.82) is 0 Å². The van der Waals surface area contributed by atoms with Crippen LogP contribution < -0.4 is 0 Å². The lowest BCUT2D eigenvalue weighted by atomic mass is 10.0. The molecule has 0 unspecified atom stereocenters. The van der Waals surface area contributed by atoms with Crippen molar-refractivity contribution in [2.24, 2.45) is 0 Å². The van der Waals surface area contributed by atoms with Crippen LogP contribution in [0.4, 0.5) is 22.0 Å². The van der Waals surface area contributed by atoms with Gasteiger partial charge in [-0.1, -0.05) is 12.1 Å². The molecule has 0 spiro atoms. The van der Waals surface area contributed by atoms with Crippen molar-refractivity contribution in [2.45, 2.75) is 18.5 Å². The Morgan fingerprint density at radius 2 is 1.53 bits per heavy atom. The first-order valence-electron chi connectivity index (χ1n) is 4.40. The standard InChI is InChI=1S/C10H7F5O2/c11-9(12,5-10(13,14)15)7-3-1-6(2-4-7)8(16)17/h1-4H,5H2,(H,16,17). The molecule has 0 radical (unpaired) electrons. The molecule has 1 rings (SSSR count). The number of hydrogen-bond donors (Lipinski definition) is 1. The van der Waals surface area contributed by atoms with Gasteiger partial charge in [-0.25, -0.2) is 13.6 Å². The number of carbonyl (C=O) groups is 1. The molecule has 1 aromatic rings. The van der Waals surface area contributed by atoms with Crippen molar-refractivity contribution in [2.75, 3.05) is 0 Å². The van der Waals surface area contributed by atoms with Crippen LogP contribution in [-0.4, -0.2) is 17.3 Å². The third-order valence-corrected chi connectivity index (χ3v) is 1.98. The molecule has 0 aromatic heterocycles. The molecule has 94 valence electrons. The van der Waals surface area contributed by atoms with Crippen molar-refractivity contribution in [3.8, 4) is 0 Å². The van der Waals surface area contributed by atoms with Crippen LogP contribution in [0, 0.1) is 0 Å². The molecule has 17 heavy (non-hydrogen) atoms. The topological polar surface area (TPSA) is 37.3 Å². The highest BCUT2D eigenvalue weighted by Gasteiger charge is 2.44. The monoisotopic (exact) mass is 254 g/mol. The summed E-state index contributed by atoms with van der Waals surface area (Å²) in [5.41, 5.74) is -1.13. The predicted molar refractivity (Wildman–Crippen MR) is 48.0 cm³/mol. The van der Waals surface area contributed by atoms with E-state index in [-0.39, 0.29) is 5.56 Å². The zero-order valence-corrected chi connectivity index (χ0v) is 8.26. The van der Waals surface area contributed by atoms with E-state index in [0.29, 0.717) is 12.1 Å². The highest BCUT2D eigenvalue weighted by molar-refractivity contribution is 5.87. The highest BCUT2D eigenvalue weighted by Crippen LogP contribution is 2.39. The molecule has 0 fully saturated rings. The van der Waals surface area contributed by atoms with Gasteiger partial charge in [0.15, 0.2) is 0 Å². The molecule has 0 aliphatic rings. The second-order valence-corrected chi connectivity index (χ2v) is 3.38. The van der Waals surface area contributed by atoms with E-state index in [1.165, 1.54) is 0 Å². The number of aromatic carboxylic acids is 1. The summed E-state index contributed by atoms with van der Waals surface area (Å²) in [5.74, 6) is -5.40. The van der Waals surface area contributed by atoms with Crippen LogP contribution in [0.3, 0.4) is 0 Å². The third-order valence-electron chi connectivity index (χ3n) is 1.98. The molecular formula is C10H7F5O2. The molecule has 1 aromatic carbocycles. The molecule has 0 amide bonds. The minimum Gasteiger partial charge on any atom is -0.478 e. The Labute approximate surface area is 92.7 Å². The van der Waals surface area contributed by atoms with Gasteiger partial charge in [-0.3, -0.25) is 0 Å². The van der Waals surface area contributed by atoms with Crippen LogP contribution in [0.15, 0.2) is 24.3 Å². The SMILES string of the molecule is O=C(O)c1ccc(C(F)(F)CC(F)(F)F)cc1. The maximum atomic E-state index is 13.1. The molecular weight excluding hydrogens is 247 g/mol. The third kappa shape index (κ3) is 3.69. The molecule has 0 saturated carbocycles. The van der Waals surface area contributed by atoms with Gasteiger partial charge in [0, 0.05) is 5.56 Å². The van der Waals surface area contributed by atoms with Gasteiger partial charge in [-0.2, -0.15) is 13.2 Å². The van der Waals surface area contributed by atoms with Crippen molar-refractivity contribution in [3.63, 3.8) is 0 Å². The minimum absolute atomic E-state index is 0.267. The minimum atomic E-state index is -4.99. The van der Waals surface area contributed by atoms with E-state index in [9.17, 15) is 26.7 Å². The molecule has 0 heterocycles. The molecule has 0 saturated heterocycles. The lowest BCUT2D eigenvalue weighted by molar-refractivity contribution is -0.190. The Morgan fingerprint density at radius 1 is 1.06 bits per heavy atom. The molecule has 0 atom stereocenters. The Hall–Kier alpha value is -1.66. The Morgan fingerprint density at radius 3 is 1.88 bits per heavy atom. The summed E-state index contributed by atoms with van der Waals surface area (Å²) < 4.78 is 61.8. The van der Waals surface area contributed by atoms with Gasteiger partial charge in [0.05, 0.1) is 5.56 Å². The number of alkyl halides is 5. The largest absolute Gasteiger partial charge is 0.478 e. The summed E-state index contributed by atoms with van der Waals surface area (Å²) in [6.45, 7) is 0. The summed E-state index contributed by atoms with van der Waals surface area (Å²) in [6, 6.07) is 3.02. The fourth-order valence-corrected chi connectivity index (χ4v) is 1.21. The van der Waals surface area contributed by atoms with Crippen LogP contribution in [0.5, 0.6) is 0 Å². The smallest absolute Gasteiger partial charge is 0.395 e. The number of carboxylic acid groups (broad SMARTS) is 1. The number of benzene rings is 1. The first-order valence-corrected chi connectivity index (χ1v) is 4.40. The predicted octanol–water partition coefficient (Wildman–Crippen LogP) is 3.43. The van der Waals surface area contributed by atoms with Crippen molar-refractivity contribution >= 4 is 5.97 Å². The lowest BCUT2D eigenvalue weighted by Crippen LogP contribution is -2.23. The van der Waals surface area contributed by atoms with Gasteiger partial charge in [-0.15, -0.1) is 0 Å².